The summed E-state index contributed by atoms with van der Waals surface area (Å²) in [5.74, 6) is -4.36. The normalized spacial score (nSPS) is 16.7. The van der Waals surface area contributed by atoms with Gasteiger partial charge in [-0.1, -0.05) is 0 Å². The number of sulfonamides is 1. The van der Waals surface area contributed by atoms with E-state index < -0.39 is 45.2 Å². The molecule has 0 unspecified atom stereocenters. The molecule has 174 valence electrons. The summed E-state index contributed by atoms with van der Waals surface area (Å²) in [4.78, 5) is 12.3. The Labute approximate surface area is 183 Å². The molecule has 0 radical (unpaired) electrons. The van der Waals surface area contributed by atoms with Crippen LogP contribution in [0.5, 0.6) is 0 Å². The number of nitrogens with zero attached hydrogens (tertiary/aromatic N) is 1. The summed E-state index contributed by atoms with van der Waals surface area (Å²) in [6.07, 6.45) is 0.440. The van der Waals surface area contributed by atoms with Crippen LogP contribution in [-0.2, 0) is 21.2 Å². The second-order valence-electron chi connectivity index (χ2n) is 7.73. The van der Waals surface area contributed by atoms with E-state index >= 15 is 0 Å². The highest BCUT2D eigenvalue weighted by molar-refractivity contribution is 7.89. The lowest BCUT2D eigenvalue weighted by atomic mass is 10.0. The quantitative estimate of drug-likeness (QED) is 0.477. The van der Waals surface area contributed by atoms with Gasteiger partial charge in [0.15, 0.2) is 11.6 Å². The van der Waals surface area contributed by atoms with E-state index in [0.717, 1.165) is 18.2 Å². The van der Waals surface area contributed by atoms with E-state index in [9.17, 15) is 30.8 Å². The van der Waals surface area contributed by atoms with Crippen molar-refractivity contribution in [3.05, 3.63) is 65.2 Å². The van der Waals surface area contributed by atoms with E-state index in [-0.39, 0.29) is 42.4 Å². The van der Waals surface area contributed by atoms with Crippen molar-refractivity contribution in [2.24, 2.45) is 5.73 Å². The molecule has 2 aromatic carbocycles. The van der Waals surface area contributed by atoms with Crippen LogP contribution in [0.1, 0.15) is 24.8 Å². The molecule has 0 saturated carbocycles. The number of rotatable bonds is 7. The topological polar surface area (TPSA) is 92.5 Å². The molecule has 1 aliphatic rings. The van der Waals surface area contributed by atoms with Gasteiger partial charge in [-0.3, -0.25) is 4.79 Å². The van der Waals surface area contributed by atoms with Crippen LogP contribution in [0.2, 0.25) is 0 Å². The molecule has 1 aliphatic heterocycles. The maximum Gasteiger partial charge on any atom is 0.243 e. The number of benzene rings is 2. The molecule has 0 aromatic heterocycles. The lowest BCUT2D eigenvalue weighted by molar-refractivity contribution is -0.122. The van der Waals surface area contributed by atoms with Crippen LogP contribution < -0.4 is 11.1 Å². The summed E-state index contributed by atoms with van der Waals surface area (Å²) in [6.45, 7) is 0.355. The number of nitrogens with two attached hydrogens (primary N) is 1. The molecule has 1 saturated heterocycles. The number of carbonyl (C=O) groups is 1. The fourth-order valence-corrected chi connectivity index (χ4v) is 5.07. The fourth-order valence-electron chi connectivity index (χ4n) is 3.60. The summed E-state index contributed by atoms with van der Waals surface area (Å²) in [7, 11) is -3.75. The van der Waals surface area contributed by atoms with Gasteiger partial charge in [-0.15, -0.1) is 0 Å². The van der Waals surface area contributed by atoms with Crippen LogP contribution in [0, 0.1) is 23.3 Å². The minimum absolute atomic E-state index is 0.00294. The van der Waals surface area contributed by atoms with Gasteiger partial charge in [0.2, 0.25) is 15.9 Å². The first-order valence-electron chi connectivity index (χ1n) is 10.0. The summed E-state index contributed by atoms with van der Waals surface area (Å²) in [5, 5.41) is 2.77. The number of hydrogen-bond donors (Lipinski definition) is 2. The van der Waals surface area contributed by atoms with E-state index in [2.05, 4.69) is 5.32 Å². The van der Waals surface area contributed by atoms with Gasteiger partial charge in [0.25, 0.3) is 0 Å². The second kappa shape index (κ2) is 9.97. The average Bonchev–Trinajstić information content (AvgIpc) is 2.72. The summed E-state index contributed by atoms with van der Waals surface area (Å²) in [6, 6.07) is 4.64. The van der Waals surface area contributed by atoms with E-state index in [0.29, 0.717) is 18.9 Å². The van der Waals surface area contributed by atoms with Crippen molar-refractivity contribution in [2.45, 2.75) is 42.7 Å². The number of carbonyl (C=O) groups excluding carboxylic acids is 1. The second-order valence-corrected chi connectivity index (χ2v) is 9.66. The molecule has 1 fully saturated rings. The molecule has 0 aliphatic carbocycles. The van der Waals surface area contributed by atoms with Gasteiger partial charge in [0.05, 0.1) is 4.90 Å². The lowest BCUT2D eigenvalue weighted by Gasteiger charge is -2.31. The number of piperidine rings is 1. The molecule has 3 N–H and O–H groups in total. The molecular formula is C21H23F4N3O3S. The van der Waals surface area contributed by atoms with E-state index in [1.807, 2.05) is 0 Å². The van der Waals surface area contributed by atoms with Gasteiger partial charge in [0.1, 0.15) is 11.6 Å². The van der Waals surface area contributed by atoms with Crippen LogP contribution in [0.4, 0.5) is 17.6 Å². The maximum atomic E-state index is 13.7. The first-order valence-corrected chi connectivity index (χ1v) is 11.4. The largest absolute Gasteiger partial charge is 0.353 e. The van der Waals surface area contributed by atoms with E-state index in [4.69, 9.17) is 5.73 Å². The standard InChI is InChI=1S/C21H23F4N3O3S/c22-14-1-3-17(4-2-14)32(30,31)28-7-5-16(6-8-28)27-21(29)11-15(26)9-13-10-19(24)20(25)12-18(13)23/h1-4,10,12,15-16H,5-9,11,26H2,(H,27,29)/t15-/m1/s1. The molecule has 1 atom stereocenters. The Kier molecular flexibility index (Phi) is 7.52. The third kappa shape index (κ3) is 5.84. The van der Waals surface area contributed by atoms with Gasteiger partial charge in [-0.25, -0.2) is 26.0 Å². The van der Waals surface area contributed by atoms with Crippen LogP contribution >= 0.6 is 0 Å². The van der Waals surface area contributed by atoms with Gasteiger partial charge in [0, 0.05) is 37.7 Å². The molecule has 6 nitrogen and oxygen atoms in total. The number of nitrogens with one attached hydrogen (secondary N) is 1. The highest BCUT2D eigenvalue weighted by Crippen LogP contribution is 2.21. The summed E-state index contributed by atoms with van der Waals surface area (Å²) < 4.78 is 79.7. The highest BCUT2D eigenvalue weighted by atomic mass is 32.2. The van der Waals surface area contributed by atoms with Crippen LogP contribution in [0.3, 0.4) is 0 Å². The van der Waals surface area contributed by atoms with E-state index in [1.54, 1.807) is 0 Å². The highest BCUT2D eigenvalue weighted by Gasteiger charge is 2.30. The van der Waals surface area contributed by atoms with Crippen LogP contribution in [0.15, 0.2) is 41.3 Å². The van der Waals surface area contributed by atoms with Crippen molar-refractivity contribution in [3.8, 4) is 0 Å². The lowest BCUT2D eigenvalue weighted by Crippen LogP contribution is -2.47. The van der Waals surface area contributed by atoms with Gasteiger partial charge in [-0.2, -0.15) is 4.31 Å². The van der Waals surface area contributed by atoms with Crippen LogP contribution in [-0.4, -0.2) is 43.8 Å². The molecule has 1 amide bonds. The third-order valence-corrected chi connectivity index (χ3v) is 7.20. The van der Waals surface area contributed by atoms with E-state index in [1.165, 1.54) is 16.4 Å². The Morgan fingerprint density at radius 1 is 1.03 bits per heavy atom. The van der Waals surface area contributed by atoms with Crippen molar-refractivity contribution in [2.75, 3.05) is 13.1 Å². The predicted octanol–water partition coefficient (Wildman–Crippen LogP) is 2.47. The molecule has 1 heterocycles. The molecule has 0 spiro atoms. The summed E-state index contributed by atoms with van der Waals surface area (Å²) >= 11 is 0. The third-order valence-electron chi connectivity index (χ3n) is 5.29. The van der Waals surface area contributed by atoms with Crippen molar-refractivity contribution in [3.63, 3.8) is 0 Å². The first-order chi connectivity index (χ1) is 15.1. The Hall–Kier alpha value is -2.50. The SMILES string of the molecule is N[C@@H](CC(=O)NC1CCN(S(=O)(=O)c2ccc(F)cc2)CC1)Cc1cc(F)c(F)cc1F. The van der Waals surface area contributed by atoms with Gasteiger partial charge < -0.3 is 11.1 Å². The first kappa shape index (κ1) is 24.1. The molecule has 32 heavy (non-hydrogen) atoms. The van der Waals surface area contributed by atoms with Gasteiger partial charge >= 0.3 is 0 Å². The predicted molar refractivity (Wildman–Crippen MR) is 109 cm³/mol. The number of amides is 1. The zero-order chi connectivity index (χ0) is 23.5. The fraction of sp³-hybridized carbons (Fsp3) is 0.381. The van der Waals surface area contributed by atoms with Crippen molar-refractivity contribution < 1.29 is 30.8 Å². The molecule has 3 rings (SSSR count). The molecular weight excluding hydrogens is 450 g/mol. The number of halogens is 4. The van der Waals surface area contributed by atoms with Crippen LogP contribution in [0.25, 0.3) is 0 Å². The van der Waals surface area contributed by atoms with Crippen molar-refractivity contribution in [1.82, 2.24) is 9.62 Å². The summed E-state index contributed by atoms with van der Waals surface area (Å²) in [5.41, 5.74) is 5.74. The Bertz CT molecular complexity index is 1070. The zero-order valence-corrected chi connectivity index (χ0v) is 17.8. The Balaban J connectivity index is 1.49. The maximum absolute atomic E-state index is 13.7. The number of hydrogen-bond acceptors (Lipinski definition) is 4. The average molecular weight is 473 g/mol. The minimum Gasteiger partial charge on any atom is -0.353 e. The van der Waals surface area contributed by atoms with Crippen molar-refractivity contribution in [1.29, 1.82) is 0 Å². The molecule has 11 heteroatoms. The minimum atomic E-state index is -3.75. The monoisotopic (exact) mass is 473 g/mol. The van der Waals surface area contributed by atoms with Gasteiger partial charge in [-0.05, 0) is 55.2 Å². The molecule has 2 aromatic rings. The Morgan fingerprint density at radius 2 is 1.62 bits per heavy atom. The molecule has 0 bridgehead atoms. The zero-order valence-electron chi connectivity index (χ0n) is 17.0. The van der Waals surface area contributed by atoms with Crippen molar-refractivity contribution >= 4 is 15.9 Å². The smallest absolute Gasteiger partial charge is 0.243 e. The Morgan fingerprint density at radius 3 is 2.25 bits per heavy atom.